The van der Waals surface area contributed by atoms with Crippen LogP contribution in [0.1, 0.15) is 54.5 Å². The zero-order valence-corrected chi connectivity index (χ0v) is 29.3. The second-order valence-electron chi connectivity index (χ2n) is 10.8. The fourth-order valence-corrected chi connectivity index (χ4v) is 6.02. The Morgan fingerprint density at radius 1 is 1.02 bits per heavy atom. The second-order valence-corrected chi connectivity index (χ2v) is 12.4. The van der Waals surface area contributed by atoms with Crippen molar-refractivity contribution >= 4 is 49.0 Å². The Balaban J connectivity index is 1.62. The van der Waals surface area contributed by atoms with E-state index in [-0.39, 0.29) is 18.1 Å². The highest BCUT2D eigenvalue weighted by Gasteiger charge is 2.20. The van der Waals surface area contributed by atoms with E-state index < -0.39 is 0 Å². The van der Waals surface area contributed by atoms with Crippen LogP contribution >= 0.6 is 31.9 Å². The molecule has 234 valence electrons. The second kappa shape index (κ2) is 14.3. The predicted octanol–water partition coefficient (Wildman–Crippen LogP) is 8.76. The van der Waals surface area contributed by atoms with Crippen molar-refractivity contribution in [2.75, 3.05) is 13.7 Å². The summed E-state index contributed by atoms with van der Waals surface area (Å²) in [7, 11) is 1.55. The highest BCUT2D eigenvalue weighted by Crippen LogP contribution is 2.43. The van der Waals surface area contributed by atoms with Gasteiger partial charge in [-0.25, -0.2) is 4.98 Å². The van der Waals surface area contributed by atoms with Crippen molar-refractivity contribution in [3.63, 3.8) is 0 Å². The molecular weight excluding hydrogens is 712 g/mol. The summed E-state index contributed by atoms with van der Waals surface area (Å²) in [5, 5.41) is 14.6. The lowest BCUT2D eigenvalue weighted by atomic mass is 9.96. The summed E-state index contributed by atoms with van der Waals surface area (Å²) in [5.41, 5.74) is 4.91. The lowest BCUT2D eigenvalue weighted by molar-refractivity contribution is 0.282. The number of aromatic nitrogens is 2. The Hall–Kier alpha value is -4.46. The molecule has 0 aliphatic heterocycles. The smallest absolute Gasteiger partial charge is 0.282 e. The van der Waals surface area contributed by atoms with E-state index in [1.165, 1.54) is 4.68 Å². The van der Waals surface area contributed by atoms with Crippen LogP contribution in [0.25, 0.3) is 22.3 Å². The van der Waals surface area contributed by atoms with Crippen molar-refractivity contribution < 1.29 is 14.2 Å². The van der Waals surface area contributed by atoms with Crippen LogP contribution in [0.2, 0.25) is 0 Å². The minimum Gasteiger partial charge on any atom is -0.494 e. The van der Waals surface area contributed by atoms with Crippen LogP contribution in [0.5, 0.6) is 17.2 Å². The average molecular weight is 744 g/mol. The molecule has 0 radical (unpaired) electrons. The van der Waals surface area contributed by atoms with Gasteiger partial charge in [0.2, 0.25) is 0 Å². The molecule has 0 atom stereocenters. The third-order valence-electron chi connectivity index (χ3n) is 7.47. The number of hydrogen-bond acceptors (Lipinski definition) is 7. The molecule has 46 heavy (non-hydrogen) atoms. The van der Waals surface area contributed by atoms with Gasteiger partial charge >= 0.3 is 0 Å². The SMILES string of the molecule is CCOc1cc(C)c(-c2nc3ccccc3c(=O)n2N=Cc2cc(OC)c(OCc3ccccc3C#N)c(Br)c2Br)cc1C(C)C. The van der Waals surface area contributed by atoms with Gasteiger partial charge in [0.15, 0.2) is 17.3 Å². The van der Waals surface area contributed by atoms with E-state index in [0.29, 0.717) is 54.9 Å². The van der Waals surface area contributed by atoms with Crippen LogP contribution < -0.4 is 19.8 Å². The molecule has 0 aliphatic carbocycles. The Labute approximate surface area is 284 Å². The summed E-state index contributed by atoms with van der Waals surface area (Å²) in [6.07, 6.45) is 1.58. The molecule has 0 aliphatic rings. The molecule has 0 amide bonds. The molecule has 5 rings (SSSR count). The van der Waals surface area contributed by atoms with Crippen LogP contribution in [0.3, 0.4) is 0 Å². The summed E-state index contributed by atoms with van der Waals surface area (Å²) >= 11 is 7.30. The van der Waals surface area contributed by atoms with Gasteiger partial charge in [0.05, 0.1) is 46.9 Å². The van der Waals surface area contributed by atoms with E-state index >= 15 is 0 Å². The van der Waals surface area contributed by atoms with E-state index in [1.54, 1.807) is 31.5 Å². The predicted molar refractivity (Wildman–Crippen MR) is 188 cm³/mol. The number of halogens is 2. The normalized spacial score (nSPS) is 11.3. The Morgan fingerprint density at radius 2 is 1.76 bits per heavy atom. The van der Waals surface area contributed by atoms with Crippen LogP contribution in [0.15, 0.2) is 85.6 Å². The summed E-state index contributed by atoms with van der Waals surface area (Å²) < 4.78 is 20.3. The largest absolute Gasteiger partial charge is 0.494 e. The van der Waals surface area contributed by atoms with Gasteiger partial charge in [0.25, 0.3) is 5.56 Å². The molecule has 10 heteroatoms. The van der Waals surface area contributed by atoms with Crippen molar-refractivity contribution in [2.24, 2.45) is 5.10 Å². The van der Waals surface area contributed by atoms with Gasteiger partial charge in [0, 0.05) is 21.2 Å². The molecule has 1 heterocycles. The average Bonchev–Trinajstić information content (AvgIpc) is 3.05. The van der Waals surface area contributed by atoms with Crippen LogP contribution in [0.4, 0.5) is 0 Å². The lowest BCUT2D eigenvalue weighted by Crippen LogP contribution is -2.21. The maximum absolute atomic E-state index is 13.9. The van der Waals surface area contributed by atoms with Gasteiger partial charge < -0.3 is 14.2 Å². The fraction of sp³-hybridized carbons (Fsp3) is 0.222. The van der Waals surface area contributed by atoms with Gasteiger partial charge in [-0.1, -0.05) is 44.2 Å². The third-order valence-corrected chi connectivity index (χ3v) is 9.61. The van der Waals surface area contributed by atoms with Gasteiger partial charge in [-0.3, -0.25) is 4.79 Å². The van der Waals surface area contributed by atoms with Gasteiger partial charge in [-0.2, -0.15) is 15.0 Å². The summed E-state index contributed by atoms with van der Waals surface area (Å²) in [6.45, 7) is 8.86. The number of ether oxygens (including phenoxy) is 3. The molecule has 4 aromatic carbocycles. The molecule has 1 aromatic heterocycles. The highest BCUT2D eigenvalue weighted by molar-refractivity contribution is 9.13. The topological polar surface area (TPSA) is 98.7 Å². The number of nitriles is 1. The molecule has 0 fully saturated rings. The zero-order valence-electron chi connectivity index (χ0n) is 26.1. The van der Waals surface area contributed by atoms with E-state index in [0.717, 1.165) is 28.0 Å². The molecule has 0 unspecified atom stereocenters. The quantitative estimate of drug-likeness (QED) is 0.133. The first-order chi connectivity index (χ1) is 22.2. The number of aryl methyl sites for hydroxylation is 1. The third kappa shape index (κ3) is 6.57. The minimum absolute atomic E-state index is 0.167. The van der Waals surface area contributed by atoms with E-state index in [4.69, 9.17) is 24.3 Å². The Kier molecular flexibility index (Phi) is 10.2. The van der Waals surface area contributed by atoms with Crippen molar-refractivity contribution in [3.8, 4) is 34.7 Å². The lowest BCUT2D eigenvalue weighted by Gasteiger charge is -2.18. The van der Waals surface area contributed by atoms with E-state index in [9.17, 15) is 10.1 Å². The highest BCUT2D eigenvalue weighted by atomic mass is 79.9. The van der Waals surface area contributed by atoms with E-state index in [2.05, 4.69) is 51.8 Å². The van der Waals surface area contributed by atoms with Crippen LogP contribution in [-0.4, -0.2) is 29.6 Å². The van der Waals surface area contributed by atoms with Gasteiger partial charge in [-0.15, -0.1) is 0 Å². The first kappa shape index (κ1) is 32.9. The zero-order chi connectivity index (χ0) is 33.0. The molecule has 0 bridgehead atoms. The Morgan fingerprint density at radius 3 is 2.48 bits per heavy atom. The molecular formula is C36H32Br2N4O4. The van der Waals surface area contributed by atoms with Crippen molar-refractivity contribution in [2.45, 2.75) is 40.2 Å². The number of methoxy groups -OCH3 is 1. The van der Waals surface area contributed by atoms with Crippen molar-refractivity contribution in [1.82, 2.24) is 9.66 Å². The number of fused-ring (bicyclic) bond motifs is 1. The summed E-state index contributed by atoms with van der Waals surface area (Å²) in [4.78, 5) is 18.9. The molecule has 0 N–H and O–H groups in total. The number of nitrogens with zero attached hydrogens (tertiary/aromatic N) is 4. The van der Waals surface area contributed by atoms with Crippen LogP contribution in [-0.2, 0) is 6.61 Å². The van der Waals surface area contributed by atoms with Gasteiger partial charge in [0.1, 0.15) is 12.4 Å². The maximum atomic E-state index is 13.9. The summed E-state index contributed by atoms with van der Waals surface area (Å²) in [5.74, 6) is 2.31. The molecule has 5 aromatic rings. The number of hydrogen-bond donors (Lipinski definition) is 0. The molecule has 0 spiro atoms. The molecule has 0 saturated carbocycles. The standard InChI is InChI=1S/C36H32Br2N4O4/c1-6-45-30-15-22(4)28(17-27(30)21(2)3)35-41-29-14-10-9-13-26(29)36(43)42(35)40-19-25-16-31(44-5)34(33(38)32(25)37)46-20-24-12-8-7-11-23(24)18-39/h7-17,19,21H,6,20H2,1-5H3. The monoisotopic (exact) mass is 742 g/mol. The number of rotatable bonds is 10. The maximum Gasteiger partial charge on any atom is 0.282 e. The van der Waals surface area contributed by atoms with Crippen molar-refractivity contribution in [1.29, 1.82) is 5.26 Å². The van der Waals surface area contributed by atoms with Crippen LogP contribution in [0, 0.1) is 18.3 Å². The fourth-order valence-electron chi connectivity index (χ4n) is 5.09. The van der Waals surface area contributed by atoms with Gasteiger partial charge in [-0.05, 0) is 99.2 Å². The first-order valence-electron chi connectivity index (χ1n) is 14.7. The van der Waals surface area contributed by atoms with E-state index in [1.807, 2.05) is 62.4 Å². The first-order valence-corrected chi connectivity index (χ1v) is 16.3. The summed E-state index contributed by atoms with van der Waals surface area (Å²) in [6, 6.07) is 22.5. The van der Waals surface area contributed by atoms with Crippen molar-refractivity contribution in [3.05, 3.63) is 114 Å². The molecule has 8 nitrogen and oxygen atoms in total. The Bertz CT molecular complexity index is 2070. The number of para-hydroxylation sites is 1. The number of benzene rings is 4. The minimum atomic E-state index is -0.297. The molecule has 0 saturated heterocycles.